The van der Waals surface area contributed by atoms with Crippen LogP contribution in [0.25, 0.3) is 0 Å². The van der Waals surface area contributed by atoms with Crippen molar-refractivity contribution < 1.29 is 14.1 Å². The van der Waals surface area contributed by atoms with Gasteiger partial charge in [-0.25, -0.2) is 4.98 Å². The first-order valence-corrected chi connectivity index (χ1v) is 10.3. The van der Waals surface area contributed by atoms with Crippen LogP contribution in [0, 0.1) is 0 Å². The summed E-state index contributed by atoms with van der Waals surface area (Å²) in [5.74, 6) is 0.741. The largest absolute Gasteiger partial charge is 0.360 e. The van der Waals surface area contributed by atoms with Gasteiger partial charge in [0.2, 0.25) is 11.0 Å². The summed E-state index contributed by atoms with van der Waals surface area (Å²) >= 11 is 3.77. The average Bonchev–Trinajstić information content (AvgIpc) is 3.06. The van der Waals surface area contributed by atoms with E-state index in [0.717, 1.165) is 18.6 Å². The molecule has 9 nitrogen and oxygen atoms in total. The Balaban J connectivity index is 1.28. The van der Waals surface area contributed by atoms with Gasteiger partial charge < -0.3 is 9.84 Å². The van der Waals surface area contributed by atoms with Crippen molar-refractivity contribution in [2.24, 2.45) is 0 Å². The summed E-state index contributed by atoms with van der Waals surface area (Å²) in [6.45, 7) is 0. The fraction of sp³-hybridized carbons (Fsp3) is 0.286. The molecular formula is C14H12N6O3S3. The van der Waals surface area contributed by atoms with Crippen molar-refractivity contribution in [2.75, 3.05) is 16.4 Å². The number of nitrogens with zero attached hydrogens (tertiary/aromatic N) is 4. The summed E-state index contributed by atoms with van der Waals surface area (Å²) in [6, 6.07) is 1.66. The lowest BCUT2D eigenvalue weighted by Crippen LogP contribution is -2.13. The molecule has 3 heterocycles. The van der Waals surface area contributed by atoms with Crippen LogP contribution in [0.1, 0.15) is 35.0 Å². The smallest absolute Gasteiger partial charge is 0.279 e. The van der Waals surface area contributed by atoms with E-state index in [1.807, 2.05) is 0 Å². The highest BCUT2D eigenvalue weighted by atomic mass is 32.2. The van der Waals surface area contributed by atoms with Crippen LogP contribution in [0.3, 0.4) is 0 Å². The minimum absolute atomic E-state index is 0.177. The first-order chi connectivity index (χ1) is 12.7. The lowest BCUT2D eigenvalue weighted by atomic mass is 10.3. The summed E-state index contributed by atoms with van der Waals surface area (Å²) < 4.78 is 5.74. The van der Waals surface area contributed by atoms with Crippen LogP contribution in [0.2, 0.25) is 0 Å². The molecule has 0 radical (unpaired) electrons. The monoisotopic (exact) mass is 408 g/mol. The zero-order chi connectivity index (χ0) is 17.9. The number of nitrogens with one attached hydrogen (secondary N) is 2. The molecule has 4 rings (SSSR count). The number of carbonyl (C=O) groups is 2. The summed E-state index contributed by atoms with van der Waals surface area (Å²) in [4.78, 5) is 28.0. The van der Waals surface area contributed by atoms with Crippen LogP contribution in [0.15, 0.2) is 26.5 Å². The first kappa shape index (κ1) is 17.1. The molecule has 2 N–H and O–H groups in total. The maximum absolute atomic E-state index is 12.2. The molecule has 3 aromatic rings. The molecule has 0 unspecified atom stereocenters. The minimum atomic E-state index is -0.394. The zero-order valence-corrected chi connectivity index (χ0v) is 15.6. The number of aromatic nitrogens is 4. The molecule has 0 bridgehead atoms. The van der Waals surface area contributed by atoms with Gasteiger partial charge in [-0.05, 0) is 12.8 Å². The van der Waals surface area contributed by atoms with Crippen LogP contribution in [0.5, 0.6) is 0 Å². The molecule has 0 spiro atoms. The molecule has 2 amide bonds. The van der Waals surface area contributed by atoms with Gasteiger partial charge in [0.25, 0.3) is 5.91 Å². The molecule has 134 valence electrons. The van der Waals surface area contributed by atoms with Gasteiger partial charge >= 0.3 is 0 Å². The Bertz CT molecular complexity index is 918. The third-order valence-corrected chi connectivity index (χ3v) is 6.03. The second kappa shape index (κ2) is 7.51. The van der Waals surface area contributed by atoms with E-state index < -0.39 is 5.91 Å². The van der Waals surface area contributed by atoms with E-state index in [1.54, 1.807) is 17.6 Å². The van der Waals surface area contributed by atoms with Crippen molar-refractivity contribution in [1.29, 1.82) is 0 Å². The van der Waals surface area contributed by atoms with Crippen LogP contribution in [-0.2, 0) is 4.79 Å². The lowest BCUT2D eigenvalue weighted by Gasteiger charge is -1.98. The summed E-state index contributed by atoms with van der Waals surface area (Å²) in [6.07, 6.45) is 3.77. The second-order valence-corrected chi connectivity index (χ2v) is 8.48. The number of hydrogen-bond acceptors (Lipinski definition) is 10. The Morgan fingerprint density at radius 2 is 2.15 bits per heavy atom. The number of thioether (sulfide) groups is 1. The van der Waals surface area contributed by atoms with Crippen molar-refractivity contribution in [2.45, 2.75) is 23.1 Å². The van der Waals surface area contributed by atoms with E-state index in [-0.39, 0.29) is 17.4 Å². The van der Waals surface area contributed by atoms with Crippen LogP contribution in [0.4, 0.5) is 10.3 Å². The maximum Gasteiger partial charge on any atom is 0.279 e. The number of hydrogen-bond donors (Lipinski definition) is 2. The van der Waals surface area contributed by atoms with Crippen molar-refractivity contribution >= 4 is 56.5 Å². The van der Waals surface area contributed by atoms with Crippen LogP contribution >= 0.6 is 34.4 Å². The number of thiazole rings is 1. The molecule has 1 aliphatic carbocycles. The van der Waals surface area contributed by atoms with Gasteiger partial charge in [0, 0.05) is 23.6 Å². The van der Waals surface area contributed by atoms with Crippen LogP contribution in [-0.4, -0.2) is 37.9 Å². The minimum Gasteiger partial charge on any atom is -0.360 e. The Hall–Kier alpha value is -2.31. The van der Waals surface area contributed by atoms with Crippen molar-refractivity contribution in [1.82, 2.24) is 20.3 Å². The van der Waals surface area contributed by atoms with Gasteiger partial charge in [-0.3, -0.25) is 14.9 Å². The third-order valence-electron chi connectivity index (χ3n) is 3.37. The van der Waals surface area contributed by atoms with Crippen molar-refractivity contribution in [3.05, 3.63) is 29.1 Å². The molecule has 1 fully saturated rings. The maximum atomic E-state index is 12.2. The van der Waals surface area contributed by atoms with Gasteiger partial charge in [0.05, 0.1) is 5.75 Å². The van der Waals surface area contributed by atoms with Gasteiger partial charge in [-0.2, -0.15) is 0 Å². The van der Waals surface area contributed by atoms with Gasteiger partial charge in [0.1, 0.15) is 5.76 Å². The second-order valence-electron chi connectivity index (χ2n) is 5.39. The summed E-state index contributed by atoms with van der Waals surface area (Å²) in [7, 11) is 0. The number of amides is 2. The molecule has 0 aliphatic heterocycles. The number of carbonyl (C=O) groups excluding carboxylic acids is 2. The Morgan fingerprint density at radius 1 is 1.27 bits per heavy atom. The van der Waals surface area contributed by atoms with E-state index in [9.17, 15) is 9.59 Å². The molecule has 26 heavy (non-hydrogen) atoms. The predicted molar refractivity (Wildman–Crippen MR) is 97.8 cm³/mol. The number of rotatable bonds is 7. The normalized spacial score (nSPS) is 13.5. The van der Waals surface area contributed by atoms with E-state index >= 15 is 0 Å². The fourth-order valence-electron chi connectivity index (χ4n) is 2.00. The van der Waals surface area contributed by atoms with Gasteiger partial charge in [-0.15, -0.1) is 21.5 Å². The topological polar surface area (TPSA) is 123 Å². The molecule has 1 aliphatic rings. The highest BCUT2D eigenvalue weighted by Gasteiger charge is 2.29. The highest BCUT2D eigenvalue weighted by Crippen LogP contribution is 2.40. The molecular weight excluding hydrogens is 396 g/mol. The predicted octanol–water partition coefficient (Wildman–Crippen LogP) is 2.84. The SMILES string of the molecule is O=C(CSc1nnc(NC(=O)c2cc(C3CC3)on2)s1)Nc1nccs1. The van der Waals surface area contributed by atoms with E-state index in [1.165, 1.54) is 34.4 Å². The lowest BCUT2D eigenvalue weighted by molar-refractivity contribution is -0.113. The summed E-state index contributed by atoms with van der Waals surface area (Å²) in [5, 5.41) is 19.6. The van der Waals surface area contributed by atoms with Gasteiger partial charge in [-0.1, -0.05) is 28.3 Å². The fourth-order valence-corrected chi connectivity index (χ4v) is 4.10. The summed E-state index contributed by atoms with van der Waals surface area (Å²) in [5.41, 5.74) is 0.221. The third kappa shape index (κ3) is 4.26. The molecule has 0 saturated heterocycles. The average molecular weight is 408 g/mol. The van der Waals surface area contributed by atoms with Crippen molar-refractivity contribution in [3.8, 4) is 0 Å². The Morgan fingerprint density at radius 3 is 2.92 bits per heavy atom. The molecule has 3 aromatic heterocycles. The Labute approximate surface area is 159 Å². The number of anilines is 2. The Kier molecular flexibility index (Phi) is 4.95. The first-order valence-electron chi connectivity index (χ1n) is 7.61. The van der Waals surface area contributed by atoms with Crippen LogP contribution < -0.4 is 10.6 Å². The van der Waals surface area contributed by atoms with Crippen molar-refractivity contribution in [3.63, 3.8) is 0 Å². The zero-order valence-electron chi connectivity index (χ0n) is 13.2. The standard InChI is InChI=1S/C14H12N6O3S3/c21-10(16-12-15-3-4-24-12)6-25-14-19-18-13(26-14)17-11(22)8-5-9(23-20-8)7-1-2-7/h3-5,7H,1-2,6H2,(H,15,16,21)(H,17,18,22). The molecule has 0 aromatic carbocycles. The highest BCUT2D eigenvalue weighted by molar-refractivity contribution is 8.01. The molecule has 1 saturated carbocycles. The van der Waals surface area contributed by atoms with E-state index in [0.29, 0.717) is 20.5 Å². The molecule has 0 atom stereocenters. The van der Waals surface area contributed by atoms with E-state index in [4.69, 9.17) is 4.52 Å². The quantitative estimate of drug-likeness (QED) is 0.452. The molecule has 12 heteroatoms. The van der Waals surface area contributed by atoms with Gasteiger partial charge in [0.15, 0.2) is 15.2 Å². The van der Waals surface area contributed by atoms with E-state index in [2.05, 4.69) is 31.0 Å².